The van der Waals surface area contributed by atoms with Gasteiger partial charge in [-0.1, -0.05) is 0 Å². The molecule has 2 atom stereocenters. The Hall–Kier alpha value is -0.840. The predicted molar refractivity (Wildman–Crippen MR) is 117 cm³/mol. The highest BCUT2D eigenvalue weighted by molar-refractivity contribution is 14.0. The van der Waals surface area contributed by atoms with Crippen molar-refractivity contribution in [2.45, 2.75) is 25.9 Å². The number of nitrogens with one attached hydrogen (secondary N) is 1. The van der Waals surface area contributed by atoms with Gasteiger partial charge >= 0.3 is 0 Å². The van der Waals surface area contributed by atoms with Gasteiger partial charge in [0.2, 0.25) is 0 Å². The highest BCUT2D eigenvalue weighted by atomic mass is 127. The van der Waals surface area contributed by atoms with Crippen LogP contribution < -0.4 is 5.32 Å². The van der Waals surface area contributed by atoms with E-state index in [1.165, 1.54) is 6.42 Å². The van der Waals surface area contributed by atoms with Crippen molar-refractivity contribution >= 4 is 29.9 Å². The third kappa shape index (κ3) is 6.33. The van der Waals surface area contributed by atoms with Crippen LogP contribution in [0.2, 0.25) is 0 Å². The predicted octanol–water partition coefficient (Wildman–Crippen LogP) is 1.72. The molecule has 0 spiro atoms. The zero-order chi connectivity index (χ0) is 18.4. The van der Waals surface area contributed by atoms with E-state index in [9.17, 15) is 5.11 Å². The van der Waals surface area contributed by atoms with Crippen molar-refractivity contribution in [1.82, 2.24) is 15.1 Å². The summed E-state index contributed by atoms with van der Waals surface area (Å²) in [4.78, 5) is 9.51. The van der Waals surface area contributed by atoms with E-state index < -0.39 is 5.60 Å². The van der Waals surface area contributed by atoms with Crippen LogP contribution in [0, 0.1) is 5.92 Å². The Morgan fingerprint density at radius 2 is 2.15 bits per heavy atom. The summed E-state index contributed by atoms with van der Waals surface area (Å²) in [6.07, 6.45) is 2.76. The molecule has 3 heterocycles. The summed E-state index contributed by atoms with van der Waals surface area (Å²) >= 11 is 0. The first-order chi connectivity index (χ1) is 12.6. The average molecular weight is 492 g/mol. The topological polar surface area (TPSA) is 73.5 Å². The highest BCUT2D eigenvalue weighted by Gasteiger charge is 2.29. The highest BCUT2D eigenvalue weighted by Crippen LogP contribution is 2.22. The second-order valence-corrected chi connectivity index (χ2v) is 7.44. The van der Waals surface area contributed by atoms with Gasteiger partial charge in [0, 0.05) is 39.3 Å². The van der Waals surface area contributed by atoms with E-state index in [0.717, 1.165) is 58.4 Å². The summed E-state index contributed by atoms with van der Waals surface area (Å²) in [5.74, 6) is 2.08. The maximum absolute atomic E-state index is 10.6. The Kier molecular flexibility index (Phi) is 8.84. The van der Waals surface area contributed by atoms with Gasteiger partial charge in [0.15, 0.2) is 5.96 Å². The maximum atomic E-state index is 10.6. The lowest BCUT2D eigenvalue weighted by molar-refractivity contribution is 0.0315. The number of morpholine rings is 1. The second kappa shape index (κ2) is 10.6. The number of rotatable bonds is 6. The van der Waals surface area contributed by atoms with E-state index in [4.69, 9.17) is 14.1 Å². The molecule has 2 saturated heterocycles. The lowest BCUT2D eigenvalue weighted by Crippen LogP contribution is -2.43. The molecule has 0 radical (unpaired) electrons. The third-order valence-corrected chi connectivity index (χ3v) is 5.13. The van der Waals surface area contributed by atoms with Crippen molar-refractivity contribution in [3.8, 4) is 0 Å². The quantitative estimate of drug-likeness (QED) is 0.358. The lowest BCUT2D eigenvalue weighted by atomic mass is 10.0. The fraction of sp³-hybridized carbons (Fsp3) is 0.737. The minimum absolute atomic E-state index is 0. The number of halogens is 1. The molecule has 1 aromatic heterocycles. The van der Waals surface area contributed by atoms with Gasteiger partial charge in [0.1, 0.15) is 11.4 Å². The number of hydrogen-bond acceptors (Lipinski definition) is 5. The van der Waals surface area contributed by atoms with E-state index in [1.54, 1.807) is 25.3 Å². The molecule has 154 valence electrons. The van der Waals surface area contributed by atoms with Gasteiger partial charge in [-0.3, -0.25) is 4.90 Å². The molecule has 2 aliphatic rings. The summed E-state index contributed by atoms with van der Waals surface area (Å²) in [5.41, 5.74) is -1.10. The molecule has 27 heavy (non-hydrogen) atoms. The van der Waals surface area contributed by atoms with Crippen LogP contribution in [0.15, 0.2) is 27.8 Å². The van der Waals surface area contributed by atoms with Crippen LogP contribution >= 0.6 is 24.0 Å². The van der Waals surface area contributed by atoms with Crippen molar-refractivity contribution < 1.29 is 14.3 Å². The molecule has 7 nitrogen and oxygen atoms in total. The summed E-state index contributed by atoms with van der Waals surface area (Å²) in [6, 6.07) is 3.58. The largest absolute Gasteiger partial charge is 0.466 e. The fourth-order valence-corrected chi connectivity index (χ4v) is 3.64. The monoisotopic (exact) mass is 492 g/mol. The van der Waals surface area contributed by atoms with E-state index in [2.05, 4.69) is 22.0 Å². The summed E-state index contributed by atoms with van der Waals surface area (Å²) in [7, 11) is 0. The standard InChI is InChI=1S/C19H32N4O3.HI/c1-3-20-18(21-15-19(2,24)17-5-4-10-26-17)23-7-6-16(14-23)13-22-8-11-25-12-9-22;/h4-5,10,16,24H,3,6-9,11-15H2,1-2H3,(H,20,21);1H. The molecule has 0 bridgehead atoms. The number of furan rings is 1. The summed E-state index contributed by atoms with van der Waals surface area (Å²) in [6.45, 7) is 11.8. The van der Waals surface area contributed by atoms with Gasteiger partial charge in [-0.25, -0.2) is 4.99 Å². The van der Waals surface area contributed by atoms with Crippen LogP contribution in [0.25, 0.3) is 0 Å². The smallest absolute Gasteiger partial charge is 0.194 e. The van der Waals surface area contributed by atoms with Crippen LogP contribution in [0.5, 0.6) is 0 Å². The molecule has 1 aromatic rings. The fourth-order valence-electron chi connectivity index (χ4n) is 3.64. The first kappa shape index (κ1) is 22.4. The molecule has 0 aliphatic carbocycles. The Bertz CT molecular complexity index is 574. The number of guanidine groups is 1. The van der Waals surface area contributed by atoms with Crippen molar-refractivity contribution in [2.75, 3.05) is 59.0 Å². The SMILES string of the molecule is CCNC(=NCC(C)(O)c1ccco1)N1CCC(CN2CCOCC2)C1.I. The molecular weight excluding hydrogens is 459 g/mol. The summed E-state index contributed by atoms with van der Waals surface area (Å²) < 4.78 is 10.8. The number of likely N-dealkylation sites (tertiary alicyclic amines) is 1. The Balaban J connectivity index is 0.00000261. The number of ether oxygens (including phenoxy) is 1. The molecule has 8 heteroatoms. The number of aliphatic imine (C=N–C) groups is 1. The minimum Gasteiger partial charge on any atom is -0.466 e. The van der Waals surface area contributed by atoms with Crippen LogP contribution in [-0.2, 0) is 10.3 Å². The number of aliphatic hydroxyl groups is 1. The molecule has 2 fully saturated rings. The average Bonchev–Trinajstić information content (AvgIpc) is 3.32. The van der Waals surface area contributed by atoms with E-state index >= 15 is 0 Å². The normalized spacial score (nSPS) is 23.7. The lowest BCUT2D eigenvalue weighted by Gasteiger charge is -2.29. The van der Waals surface area contributed by atoms with Crippen molar-refractivity contribution in [1.29, 1.82) is 0 Å². The first-order valence-corrected chi connectivity index (χ1v) is 9.68. The number of nitrogens with zero attached hydrogens (tertiary/aromatic N) is 3. The molecule has 0 amide bonds. The zero-order valence-corrected chi connectivity index (χ0v) is 18.7. The van der Waals surface area contributed by atoms with Crippen LogP contribution in [0.3, 0.4) is 0 Å². The van der Waals surface area contributed by atoms with Crippen LogP contribution in [0.1, 0.15) is 26.0 Å². The molecule has 2 unspecified atom stereocenters. The van der Waals surface area contributed by atoms with Gasteiger partial charge in [-0.15, -0.1) is 24.0 Å². The zero-order valence-electron chi connectivity index (χ0n) is 16.4. The van der Waals surface area contributed by atoms with Gasteiger partial charge in [0.25, 0.3) is 0 Å². The van der Waals surface area contributed by atoms with Gasteiger partial charge in [0.05, 0.1) is 26.0 Å². The molecule has 2 aliphatic heterocycles. The van der Waals surface area contributed by atoms with Gasteiger partial charge in [-0.05, 0) is 38.3 Å². The minimum atomic E-state index is -1.10. The molecule has 0 aromatic carbocycles. The molecule has 3 rings (SSSR count). The Morgan fingerprint density at radius 1 is 1.37 bits per heavy atom. The van der Waals surface area contributed by atoms with Crippen molar-refractivity contribution in [2.24, 2.45) is 10.9 Å². The Labute approximate surface area is 179 Å². The van der Waals surface area contributed by atoms with Gasteiger partial charge in [-0.2, -0.15) is 0 Å². The van der Waals surface area contributed by atoms with E-state index in [1.807, 2.05) is 0 Å². The van der Waals surface area contributed by atoms with E-state index in [0.29, 0.717) is 11.7 Å². The van der Waals surface area contributed by atoms with Crippen LogP contribution in [0.4, 0.5) is 0 Å². The third-order valence-electron chi connectivity index (χ3n) is 5.13. The molecule has 0 saturated carbocycles. The summed E-state index contributed by atoms with van der Waals surface area (Å²) in [5, 5.41) is 14.0. The maximum Gasteiger partial charge on any atom is 0.194 e. The van der Waals surface area contributed by atoms with Crippen molar-refractivity contribution in [3.63, 3.8) is 0 Å². The molecule has 2 N–H and O–H groups in total. The second-order valence-electron chi connectivity index (χ2n) is 7.44. The Morgan fingerprint density at radius 3 is 2.81 bits per heavy atom. The van der Waals surface area contributed by atoms with Crippen molar-refractivity contribution in [3.05, 3.63) is 24.2 Å². The van der Waals surface area contributed by atoms with Crippen LogP contribution in [-0.4, -0.2) is 79.9 Å². The molecular formula is C19H33IN4O3. The van der Waals surface area contributed by atoms with E-state index in [-0.39, 0.29) is 30.5 Å². The first-order valence-electron chi connectivity index (χ1n) is 9.68. The number of hydrogen-bond donors (Lipinski definition) is 2. The van der Waals surface area contributed by atoms with Gasteiger partial charge < -0.3 is 24.5 Å².